The molecular weight excluding hydrogens is 267 g/mol. The maximum Gasteiger partial charge on any atom is 0.345 e. The average molecular weight is 278 g/mol. The van der Waals surface area contributed by atoms with Gasteiger partial charge in [-0.2, -0.15) is 0 Å². The van der Waals surface area contributed by atoms with Crippen molar-refractivity contribution in [3.05, 3.63) is 40.5 Å². The van der Waals surface area contributed by atoms with Crippen LogP contribution in [0.2, 0.25) is 0 Å². The standard InChI is InChI=1S/C14H11FO3S/c1-14(2)9-6-11(13(16)17)19-12(9)8-5-7(15)3-4-10(8)18-14/h3-6H,1-2H3,(H,16,17). The van der Waals surface area contributed by atoms with E-state index in [4.69, 9.17) is 9.84 Å². The van der Waals surface area contributed by atoms with Crippen LogP contribution in [0.25, 0.3) is 10.4 Å². The summed E-state index contributed by atoms with van der Waals surface area (Å²) in [7, 11) is 0. The minimum Gasteiger partial charge on any atom is -0.482 e. The number of thiophene rings is 1. The quantitative estimate of drug-likeness (QED) is 0.861. The van der Waals surface area contributed by atoms with Gasteiger partial charge in [-0.25, -0.2) is 9.18 Å². The lowest BCUT2D eigenvalue weighted by atomic mass is 9.92. The number of halogens is 1. The average Bonchev–Trinajstić information content (AvgIpc) is 2.76. The third-order valence-electron chi connectivity index (χ3n) is 3.14. The van der Waals surface area contributed by atoms with Crippen LogP contribution in [0.5, 0.6) is 5.75 Å². The van der Waals surface area contributed by atoms with Gasteiger partial charge in [-0.15, -0.1) is 11.3 Å². The Bertz CT molecular complexity index is 688. The molecule has 3 rings (SSSR count). The molecule has 2 heterocycles. The molecule has 1 aliphatic heterocycles. The second kappa shape index (κ2) is 3.81. The Labute approximate surface area is 113 Å². The second-order valence-electron chi connectivity index (χ2n) is 4.91. The van der Waals surface area contributed by atoms with Crippen LogP contribution in [0.4, 0.5) is 4.39 Å². The number of hydrogen-bond acceptors (Lipinski definition) is 3. The molecule has 3 nitrogen and oxygen atoms in total. The molecule has 1 aromatic heterocycles. The predicted molar refractivity (Wildman–Crippen MR) is 70.3 cm³/mol. The first-order valence-corrected chi connectivity index (χ1v) is 6.57. The van der Waals surface area contributed by atoms with Crippen molar-refractivity contribution >= 4 is 17.3 Å². The van der Waals surface area contributed by atoms with E-state index >= 15 is 0 Å². The van der Waals surface area contributed by atoms with Crippen molar-refractivity contribution in [2.45, 2.75) is 19.4 Å². The fourth-order valence-corrected chi connectivity index (χ4v) is 3.41. The van der Waals surface area contributed by atoms with Gasteiger partial charge in [0.15, 0.2) is 0 Å². The van der Waals surface area contributed by atoms with Crippen LogP contribution in [-0.2, 0) is 5.60 Å². The molecule has 1 N–H and O–H groups in total. The molecule has 0 fully saturated rings. The molecule has 98 valence electrons. The van der Waals surface area contributed by atoms with E-state index in [2.05, 4.69) is 0 Å². The maximum absolute atomic E-state index is 13.4. The van der Waals surface area contributed by atoms with E-state index in [9.17, 15) is 9.18 Å². The lowest BCUT2D eigenvalue weighted by Gasteiger charge is -2.32. The Balaban J connectivity index is 2.29. The van der Waals surface area contributed by atoms with E-state index in [-0.39, 0.29) is 10.7 Å². The van der Waals surface area contributed by atoms with Gasteiger partial charge in [0.05, 0.1) is 0 Å². The Morgan fingerprint density at radius 1 is 1.37 bits per heavy atom. The van der Waals surface area contributed by atoms with Gasteiger partial charge >= 0.3 is 5.97 Å². The zero-order valence-electron chi connectivity index (χ0n) is 10.4. The molecule has 0 atom stereocenters. The minimum absolute atomic E-state index is 0.235. The Morgan fingerprint density at radius 2 is 2.11 bits per heavy atom. The number of ether oxygens (including phenoxy) is 1. The molecule has 0 saturated heterocycles. The lowest BCUT2D eigenvalue weighted by Crippen LogP contribution is -2.28. The predicted octanol–water partition coefficient (Wildman–Crippen LogP) is 3.88. The van der Waals surface area contributed by atoms with Gasteiger partial charge in [0.2, 0.25) is 0 Å². The van der Waals surface area contributed by atoms with Gasteiger partial charge in [-0.1, -0.05) is 0 Å². The molecule has 0 radical (unpaired) electrons. The number of hydrogen-bond donors (Lipinski definition) is 1. The van der Waals surface area contributed by atoms with Crippen molar-refractivity contribution < 1.29 is 19.0 Å². The van der Waals surface area contributed by atoms with Crippen molar-refractivity contribution in [3.63, 3.8) is 0 Å². The summed E-state index contributed by atoms with van der Waals surface area (Å²) in [5, 5.41) is 9.10. The van der Waals surface area contributed by atoms with E-state index in [1.807, 2.05) is 13.8 Å². The molecule has 19 heavy (non-hydrogen) atoms. The fourth-order valence-electron chi connectivity index (χ4n) is 2.24. The van der Waals surface area contributed by atoms with Crippen LogP contribution in [0.1, 0.15) is 29.1 Å². The van der Waals surface area contributed by atoms with E-state index in [0.717, 1.165) is 21.8 Å². The Hall–Kier alpha value is -1.88. The maximum atomic E-state index is 13.4. The Kier molecular flexibility index (Phi) is 2.44. The van der Waals surface area contributed by atoms with Crippen molar-refractivity contribution in [2.24, 2.45) is 0 Å². The van der Waals surface area contributed by atoms with Gasteiger partial charge in [0.25, 0.3) is 0 Å². The summed E-state index contributed by atoms with van der Waals surface area (Å²) < 4.78 is 19.2. The minimum atomic E-state index is -0.979. The van der Waals surface area contributed by atoms with Crippen LogP contribution >= 0.6 is 11.3 Å². The third kappa shape index (κ3) is 1.81. The monoisotopic (exact) mass is 278 g/mol. The number of rotatable bonds is 1. The van der Waals surface area contributed by atoms with Crippen LogP contribution < -0.4 is 4.74 Å². The highest BCUT2D eigenvalue weighted by molar-refractivity contribution is 7.17. The zero-order chi connectivity index (χ0) is 13.8. The second-order valence-corrected chi connectivity index (χ2v) is 5.96. The van der Waals surface area contributed by atoms with Crippen LogP contribution in [0.3, 0.4) is 0 Å². The molecule has 1 aromatic carbocycles. The summed E-state index contributed by atoms with van der Waals surface area (Å²) in [6, 6.07) is 5.91. The summed E-state index contributed by atoms with van der Waals surface area (Å²) in [5.41, 5.74) is 0.782. The topological polar surface area (TPSA) is 46.5 Å². The molecule has 1 aliphatic rings. The first-order chi connectivity index (χ1) is 8.88. The number of benzene rings is 1. The number of carbonyl (C=O) groups is 1. The van der Waals surface area contributed by atoms with Gasteiger partial charge in [-0.05, 0) is 38.1 Å². The van der Waals surface area contributed by atoms with E-state index in [1.54, 1.807) is 12.1 Å². The molecule has 0 amide bonds. The van der Waals surface area contributed by atoms with E-state index < -0.39 is 11.6 Å². The summed E-state index contributed by atoms with van der Waals surface area (Å²) in [4.78, 5) is 12.1. The highest BCUT2D eigenvalue weighted by Crippen LogP contribution is 2.49. The molecule has 0 spiro atoms. The fraction of sp³-hybridized carbons (Fsp3) is 0.214. The largest absolute Gasteiger partial charge is 0.482 e. The summed E-state index contributed by atoms with van der Waals surface area (Å²) >= 11 is 1.15. The molecule has 0 bridgehead atoms. The molecular formula is C14H11FO3S. The van der Waals surface area contributed by atoms with Crippen LogP contribution in [0.15, 0.2) is 24.3 Å². The normalized spacial score (nSPS) is 15.3. The molecule has 0 saturated carbocycles. The number of aromatic carboxylic acids is 1. The number of carboxylic acid groups (broad SMARTS) is 1. The smallest absolute Gasteiger partial charge is 0.345 e. The number of fused-ring (bicyclic) bond motifs is 3. The van der Waals surface area contributed by atoms with Gasteiger partial charge in [0, 0.05) is 16.0 Å². The summed E-state index contributed by atoms with van der Waals surface area (Å²) in [5.74, 6) is -0.760. The van der Waals surface area contributed by atoms with E-state index in [1.165, 1.54) is 12.1 Å². The van der Waals surface area contributed by atoms with Crippen molar-refractivity contribution in [1.29, 1.82) is 0 Å². The van der Waals surface area contributed by atoms with Gasteiger partial charge < -0.3 is 9.84 Å². The molecule has 0 unspecified atom stereocenters. The zero-order valence-corrected chi connectivity index (χ0v) is 11.2. The lowest BCUT2D eigenvalue weighted by molar-refractivity contribution is 0.0701. The van der Waals surface area contributed by atoms with Gasteiger partial charge in [-0.3, -0.25) is 0 Å². The molecule has 2 aromatic rings. The van der Waals surface area contributed by atoms with Crippen molar-refractivity contribution in [2.75, 3.05) is 0 Å². The SMILES string of the molecule is CC1(C)Oc2ccc(F)cc2-c2sc(C(=O)O)cc21. The van der Waals surface area contributed by atoms with Gasteiger partial charge in [0.1, 0.15) is 22.0 Å². The summed E-state index contributed by atoms with van der Waals surface area (Å²) in [6.07, 6.45) is 0. The first kappa shape index (κ1) is 12.2. The van der Waals surface area contributed by atoms with Crippen molar-refractivity contribution in [3.8, 4) is 16.2 Å². The van der Waals surface area contributed by atoms with Crippen LogP contribution in [-0.4, -0.2) is 11.1 Å². The highest BCUT2D eigenvalue weighted by Gasteiger charge is 2.35. The number of carboxylic acids is 1. The molecule has 0 aliphatic carbocycles. The van der Waals surface area contributed by atoms with Crippen LogP contribution in [0, 0.1) is 5.82 Å². The molecule has 5 heteroatoms. The third-order valence-corrected chi connectivity index (χ3v) is 4.30. The van der Waals surface area contributed by atoms with E-state index in [0.29, 0.717) is 11.3 Å². The van der Waals surface area contributed by atoms with Crippen molar-refractivity contribution in [1.82, 2.24) is 0 Å². The Morgan fingerprint density at radius 3 is 2.79 bits per heavy atom. The summed E-state index contributed by atoms with van der Waals surface area (Å²) in [6.45, 7) is 3.74. The highest BCUT2D eigenvalue weighted by atomic mass is 32.1. The first-order valence-electron chi connectivity index (χ1n) is 5.75.